The first-order chi connectivity index (χ1) is 14.9. The van der Waals surface area contributed by atoms with Crippen LogP contribution in [0.5, 0.6) is 5.75 Å². The molecule has 0 spiro atoms. The number of Topliss-reactive ketones (excluding diaryl/α,β-unsaturated/α-hetero) is 1. The van der Waals surface area contributed by atoms with Gasteiger partial charge in [-0.05, 0) is 42.7 Å². The molecule has 0 radical (unpaired) electrons. The largest absolute Gasteiger partial charge is 0.496 e. The molecule has 0 saturated heterocycles. The van der Waals surface area contributed by atoms with Crippen LogP contribution in [0.2, 0.25) is 0 Å². The van der Waals surface area contributed by atoms with E-state index in [2.05, 4.69) is 5.32 Å². The average molecular weight is 421 g/mol. The Labute approximate surface area is 180 Å². The minimum Gasteiger partial charge on any atom is -0.496 e. The summed E-state index contributed by atoms with van der Waals surface area (Å²) in [5.74, 6) is -0.832. The van der Waals surface area contributed by atoms with Gasteiger partial charge in [0.2, 0.25) is 0 Å². The van der Waals surface area contributed by atoms with E-state index in [1.807, 2.05) is 24.3 Å². The zero-order valence-corrected chi connectivity index (χ0v) is 17.7. The first-order valence-electron chi connectivity index (χ1n) is 10.1. The fourth-order valence-corrected chi connectivity index (χ4v) is 4.63. The van der Waals surface area contributed by atoms with E-state index < -0.39 is 11.9 Å². The van der Waals surface area contributed by atoms with Crippen LogP contribution < -0.4 is 10.1 Å². The van der Waals surface area contributed by atoms with Gasteiger partial charge in [-0.15, -0.1) is 0 Å². The summed E-state index contributed by atoms with van der Waals surface area (Å²) in [4.78, 5) is 26.1. The van der Waals surface area contributed by atoms with Crippen LogP contribution in [0.15, 0.2) is 71.1 Å². The summed E-state index contributed by atoms with van der Waals surface area (Å²) in [5, 5.41) is 3.29. The van der Waals surface area contributed by atoms with Crippen LogP contribution in [0.25, 0.3) is 0 Å². The molecule has 2 aromatic carbocycles. The lowest BCUT2D eigenvalue weighted by molar-refractivity contribution is -0.136. The smallest absolute Gasteiger partial charge is 0.336 e. The molecule has 2 atom stereocenters. The Balaban J connectivity index is 1.81. The standard InChI is InChI=1S/C25H24FNO4/c1-14-22(25(29)31-3)23(15-8-10-17(26)11-9-15)24-19(27-14)12-16(13-20(24)28)18-6-4-5-7-21(18)30-2/h4-11,16,23,27H,12-13H2,1-3H3/t16-,23-/m1/s1. The molecule has 2 aliphatic rings. The van der Waals surface area contributed by atoms with E-state index in [4.69, 9.17) is 9.47 Å². The number of dihydropyridines is 1. The van der Waals surface area contributed by atoms with Crippen LogP contribution in [0.4, 0.5) is 4.39 Å². The van der Waals surface area contributed by atoms with Gasteiger partial charge in [0.05, 0.1) is 19.8 Å². The third-order valence-electron chi connectivity index (χ3n) is 6.01. The maximum Gasteiger partial charge on any atom is 0.336 e. The van der Waals surface area contributed by atoms with E-state index >= 15 is 0 Å². The molecule has 0 fully saturated rings. The molecule has 1 N–H and O–H groups in total. The van der Waals surface area contributed by atoms with Crippen molar-refractivity contribution in [2.75, 3.05) is 14.2 Å². The molecular weight excluding hydrogens is 397 g/mol. The number of carbonyl (C=O) groups excluding carboxylic acids is 2. The maximum absolute atomic E-state index is 13.6. The summed E-state index contributed by atoms with van der Waals surface area (Å²) in [6.07, 6.45) is 0.900. The molecule has 0 amide bonds. The Hall–Kier alpha value is -3.41. The van der Waals surface area contributed by atoms with Crippen molar-refractivity contribution in [2.45, 2.75) is 31.6 Å². The van der Waals surface area contributed by atoms with Crippen molar-refractivity contribution in [3.63, 3.8) is 0 Å². The number of esters is 1. The number of ketones is 1. The van der Waals surface area contributed by atoms with Crippen molar-refractivity contribution in [1.82, 2.24) is 5.32 Å². The Morgan fingerprint density at radius 2 is 1.77 bits per heavy atom. The number of hydrogen-bond donors (Lipinski definition) is 1. The minimum atomic E-state index is -0.601. The van der Waals surface area contributed by atoms with Crippen molar-refractivity contribution in [3.05, 3.63) is 88.0 Å². The van der Waals surface area contributed by atoms with Crippen molar-refractivity contribution in [1.29, 1.82) is 0 Å². The van der Waals surface area contributed by atoms with Crippen LogP contribution in [-0.4, -0.2) is 26.0 Å². The molecule has 2 aromatic rings. The molecule has 160 valence electrons. The highest BCUT2D eigenvalue weighted by molar-refractivity contribution is 6.04. The number of allylic oxidation sites excluding steroid dienone is 3. The fraction of sp³-hybridized carbons (Fsp3) is 0.280. The normalized spacial score (nSPS) is 20.8. The third-order valence-corrected chi connectivity index (χ3v) is 6.01. The number of ether oxygens (including phenoxy) is 2. The first kappa shape index (κ1) is 20.8. The van der Waals surface area contributed by atoms with Crippen molar-refractivity contribution < 1.29 is 23.5 Å². The lowest BCUT2D eigenvalue weighted by Gasteiger charge is -2.36. The lowest BCUT2D eigenvalue weighted by Crippen LogP contribution is -2.36. The molecule has 1 aliphatic carbocycles. The summed E-state index contributed by atoms with van der Waals surface area (Å²) >= 11 is 0. The number of carbonyl (C=O) groups is 2. The number of halogens is 1. The second kappa shape index (κ2) is 8.38. The van der Waals surface area contributed by atoms with E-state index in [0.717, 1.165) is 17.0 Å². The molecule has 0 bridgehead atoms. The van der Waals surface area contributed by atoms with Gasteiger partial charge in [-0.3, -0.25) is 4.79 Å². The van der Waals surface area contributed by atoms with Gasteiger partial charge in [-0.2, -0.15) is 0 Å². The van der Waals surface area contributed by atoms with Crippen LogP contribution in [0.3, 0.4) is 0 Å². The van der Waals surface area contributed by atoms with Gasteiger partial charge in [0, 0.05) is 35.2 Å². The molecule has 0 saturated carbocycles. The Morgan fingerprint density at radius 3 is 2.45 bits per heavy atom. The summed E-state index contributed by atoms with van der Waals surface area (Å²) in [5.41, 5.74) is 3.99. The highest BCUT2D eigenvalue weighted by Crippen LogP contribution is 2.46. The topological polar surface area (TPSA) is 64.6 Å². The van der Waals surface area contributed by atoms with Gasteiger partial charge in [-0.25, -0.2) is 9.18 Å². The Kier molecular flexibility index (Phi) is 5.63. The van der Waals surface area contributed by atoms with Gasteiger partial charge >= 0.3 is 5.97 Å². The molecular formula is C25H24FNO4. The zero-order valence-electron chi connectivity index (χ0n) is 17.7. The van der Waals surface area contributed by atoms with E-state index in [9.17, 15) is 14.0 Å². The number of rotatable bonds is 4. The Morgan fingerprint density at radius 1 is 1.06 bits per heavy atom. The summed E-state index contributed by atoms with van der Waals surface area (Å²) in [6, 6.07) is 13.6. The average Bonchev–Trinajstić information content (AvgIpc) is 2.78. The minimum absolute atomic E-state index is 0.0451. The van der Waals surface area contributed by atoms with E-state index in [1.165, 1.54) is 19.2 Å². The predicted octanol–water partition coefficient (Wildman–Crippen LogP) is 4.37. The van der Waals surface area contributed by atoms with Gasteiger partial charge in [0.25, 0.3) is 0 Å². The van der Waals surface area contributed by atoms with Gasteiger partial charge < -0.3 is 14.8 Å². The van der Waals surface area contributed by atoms with E-state index in [1.54, 1.807) is 26.2 Å². The summed E-state index contributed by atoms with van der Waals surface area (Å²) in [7, 11) is 2.93. The summed E-state index contributed by atoms with van der Waals surface area (Å²) in [6.45, 7) is 1.80. The number of para-hydroxylation sites is 1. The fourth-order valence-electron chi connectivity index (χ4n) is 4.63. The maximum atomic E-state index is 13.6. The Bertz CT molecular complexity index is 1100. The molecule has 5 nitrogen and oxygen atoms in total. The first-order valence-corrected chi connectivity index (χ1v) is 10.1. The van der Waals surface area contributed by atoms with E-state index in [0.29, 0.717) is 35.2 Å². The van der Waals surface area contributed by atoms with E-state index in [-0.39, 0.29) is 17.5 Å². The quantitative estimate of drug-likeness (QED) is 0.743. The molecule has 1 aliphatic heterocycles. The summed E-state index contributed by atoms with van der Waals surface area (Å²) < 4.78 is 24.1. The van der Waals surface area contributed by atoms with Crippen LogP contribution in [0.1, 0.15) is 42.7 Å². The van der Waals surface area contributed by atoms with Crippen molar-refractivity contribution in [3.8, 4) is 5.75 Å². The second-order valence-corrected chi connectivity index (χ2v) is 7.80. The highest BCUT2D eigenvalue weighted by Gasteiger charge is 2.41. The monoisotopic (exact) mass is 421 g/mol. The van der Waals surface area contributed by atoms with Gasteiger partial charge in [0.15, 0.2) is 5.78 Å². The van der Waals surface area contributed by atoms with Gasteiger partial charge in [-0.1, -0.05) is 30.3 Å². The van der Waals surface area contributed by atoms with Crippen LogP contribution in [0, 0.1) is 5.82 Å². The predicted molar refractivity (Wildman–Crippen MR) is 114 cm³/mol. The number of methoxy groups -OCH3 is 2. The molecule has 6 heteroatoms. The second-order valence-electron chi connectivity index (χ2n) is 7.80. The molecule has 31 heavy (non-hydrogen) atoms. The molecule has 4 rings (SSSR count). The number of nitrogens with one attached hydrogen (secondary N) is 1. The van der Waals surface area contributed by atoms with Crippen LogP contribution in [-0.2, 0) is 14.3 Å². The highest BCUT2D eigenvalue weighted by atomic mass is 19.1. The lowest BCUT2D eigenvalue weighted by atomic mass is 9.71. The van der Waals surface area contributed by atoms with Gasteiger partial charge in [0.1, 0.15) is 11.6 Å². The third kappa shape index (κ3) is 3.74. The number of benzene rings is 2. The van der Waals surface area contributed by atoms with Crippen LogP contribution >= 0.6 is 0 Å². The van der Waals surface area contributed by atoms with Crippen molar-refractivity contribution >= 4 is 11.8 Å². The molecule has 0 unspecified atom stereocenters. The molecule has 0 aromatic heterocycles. The zero-order chi connectivity index (χ0) is 22.1. The van der Waals surface area contributed by atoms with Crippen molar-refractivity contribution in [2.24, 2.45) is 0 Å². The SMILES string of the molecule is COC(=O)C1=C(C)NC2=C(C(=O)C[C@H](c3ccccc3OC)C2)[C@@H]1c1ccc(F)cc1. The number of hydrogen-bond acceptors (Lipinski definition) is 5. The molecule has 1 heterocycles.